The highest BCUT2D eigenvalue weighted by Gasteiger charge is 2.58. The van der Waals surface area contributed by atoms with Gasteiger partial charge in [-0.05, 0) is 80.4 Å². The van der Waals surface area contributed by atoms with Gasteiger partial charge in [0.1, 0.15) is 0 Å². The van der Waals surface area contributed by atoms with Crippen molar-refractivity contribution in [1.82, 2.24) is 9.62 Å². The van der Waals surface area contributed by atoms with Crippen LogP contribution in [-0.2, 0) is 21.0 Å². The first-order valence-corrected chi connectivity index (χ1v) is 12.5. The standard InChI is InChI=1S/C22H27F3N2O3S/c23-22(24,25)17-2-1-3-19(10-17)31(29,30)27-5-4-14(13-27)9-20(28)26-21-11-15-6-16(12-21)8-18(21)7-15/h1-3,10,14-16,18H,4-9,11-13H2,(H,26,28)/t14?,15-,16?,18?,21?/m0/s1. The van der Waals surface area contributed by atoms with Crippen LogP contribution in [0.1, 0.15) is 50.5 Å². The Morgan fingerprint density at radius 3 is 2.55 bits per heavy atom. The van der Waals surface area contributed by atoms with Crippen LogP contribution < -0.4 is 5.32 Å². The van der Waals surface area contributed by atoms with Crippen LogP contribution in [0.2, 0.25) is 0 Å². The summed E-state index contributed by atoms with van der Waals surface area (Å²) in [6, 6.07) is 3.84. The molecular formula is C22H27F3N2O3S. The fraction of sp³-hybridized carbons (Fsp3) is 0.682. The predicted octanol–water partition coefficient (Wildman–Crippen LogP) is 3.80. The second-order valence-corrected chi connectivity index (χ2v) is 11.9. The lowest BCUT2D eigenvalue weighted by atomic mass is 9.80. The van der Waals surface area contributed by atoms with E-state index in [1.165, 1.54) is 29.6 Å². The van der Waals surface area contributed by atoms with E-state index >= 15 is 0 Å². The molecule has 5 nitrogen and oxygen atoms in total. The molecule has 1 aliphatic heterocycles. The third-order valence-corrected chi connectivity index (χ3v) is 9.76. The minimum atomic E-state index is -4.60. The summed E-state index contributed by atoms with van der Waals surface area (Å²) >= 11 is 0. The van der Waals surface area contributed by atoms with E-state index in [2.05, 4.69) is 5.32 Å². The van der Waals surface area contributed by atoms with Gasteiger partial charge in [0.25, 0.3) is 0 Å². The van der Waals surface area contributed by atoms with Gasteiger partial charge >= 0.3 is 6.18 Å². The molecule has 0 aromatic heterocycles. The monoisotopic (exact) mass is 456 g/mol. The molecule has 5 aliphatic rings. The summed E-state index contributed by atoms with van der Waals surface area (Å²) in [7, 11) is -4.03. The number of rotatable bonds is 5. The molecule has 4 unspecified atom stereocenters. The smallest absolute Gasteiger partial charge is 0.350 e. The van der Waals surface area contributed by atoms with Crippen LogP contribution in [0.25, 0.3) is 0 Å². The zero-order chi connectivity index (χ0) is 22.0. The molecule has 5 atom stereocenters. The molecule has 6 rings (SSSR count). The number of nitrogens with zero attached hydrogens (tertiary/aromatic N) is 1. The van der Waals surface area contributed by atoms with Crippen LogP contribution in [0.3, 0.4) is 0 Å². The van der Waals surface area contributed by atoms with Crippen LogP contribution in [-0.4, -0.2) is 37.3 Å². The van der Waals surface area contributed by atoms with Crippen molar-refractivity contribution < 1.29 is 26.4 Å². The number of alkyl halides is 3. The Balaban J connectivity index is 1.22. The summed E-state index contributed by atoms with van der Waals surface area (Å²) in [4.78, 5) is 12.4. The lowest BCUT2D eigenvalue weighted by Crippen LogP contribution is -2.49. The molecule has 1 heterocycles. The predicted molar refractivity (Wildman–Crippen MR) is 107 cm³/mol. The average molecular weight is 457 g/mol. The summed E-state index contributed by atoms with van der Waals surface area (Å²) in [5.41, 5.74) is -1.03. The first kappa shape index (κ1) is 21.2. The van der Waals surface area contributed by atoms with Crippen LogP contribution in [0.5, 0.6) is 0 Å². The molecule has 1 saturated heterocycles. The molecule has 9 heteroatoms. The highest BCUT2D eigenvalue weighted by atomic mass is 32.2. The van der Waals surface area contributed by atoms with E-state index in [1.807, 2.05) is 0 Å². The highest BCUT2D eigenvalue weighted by molar-refractivity contribution is 7.89. The van der Waals surface area contributed by atoms with Crippen LogP contribution >= 0.6 is 0 Å². The van der Waals surface area contributed by atoms with E-state index in [9.17, 15) is 26.4 Å². The van der Waals surface area contributed by atoms with Crippen molar-refractivity contribution in [3.63, 3.8) is 0 Å². The molecule has 4 bridgehead atoms. The van der Waals surface area contributed by atoms with Gasteiger partial charge in [0.15, 0.2) is 0 Å². The Bertz CT molecular complexity index is 980. The molecule has 31 heavy (non-hydrogen) atoms. The molecule has 1 aromatic carbocycles. The topological polar surface area (TPSA) is 66.5 Å². The molecule has 4 aliphatic carbocycles. The van der Waals surface area contributed by atoms with Crippen molar-refractivity contribution in [3.05, 3.63) is 29.8 Å². The highest BCUT2D eigenvalue weighted by Crippen LogP contribution is 2.60. The second-order valence-electron chi connectivity index (χ2n) is 10.00. The van der Waals surface area contributed by atoms with Crippen molar-refractivity contribution in [3.8, 4) is 0 Å². The van der Waals surface area contributed by atoms with Crippen molar-refractivity contribution in [1.29, 1.82) is 0 Å². The Morgan fingerprint density at radius 1 is 1.16 bits per heavy atom. The Hall–Kier alpha value is -1.61. The first-order chi connectivity index (χ1) is 14.5. The van der Waals surface area contributed by atoms with E-state index in [4.69, 9.17) is 0 Å². The lowest BCUT2D eigenvalue weighted by molar-refractivity contribution is -0.137. The normalized spacial score (nSPS) is 35.1. The molecule has 1 aromatic rings. The number of halogens is 3. The van der Waals surface area contributed by atoms with Crippen LogP contribution in [0.15, 0.2) is 29.2 Å². The second kappa shape index (κ2) is 7.20. The van der Waals surface area contributed by atoms with Crippen LogP contribution in [0, 0.1) is 23.7 Å². The van der Waals surface area contributed by atoms with Gasteiger partial charge in [-0.1, -0.05) is 6.07 Å². The Kier molecular flexibility index (Phi) is 4.93. The largest absolute Gasteiger partial charge is 0.416 e. The van der Waals surface area contributed by atoms with E-state index in [-0.39, 0.29) is 41.8 Å². The lowest BCUT2D eigenvalue weighted by Gasteiger charge is -2.34. The number of amides is 1. The maximum absolute atomic E-state index is 13.0. The number of carbonyl (C=O) groups excluding carboxylic acids is 1. The molecule has 4 saturated carbocycles. The number of sulfonamides is 1. The summed E-state index contributed by atoms with van der Waals surface area (Å²) in [5, 5.41) is 3.32. The maximum Gasteiger partial charge on any atom is 0.416 e. The van der Waals surface area contributed by atoms with Gasteiger partial charge in [-0.15, -0.1) is 0 Å². The minimum absolute atomic E-state index is 0.0171. The molecule has 0 radical (unpaired) electrons. The maximum atomic E-state index is 13.0. The third-order valence-electron chi connectivity index (χ3n) is 7.90. The van der Waals surface area contributed by atoms with Crippen molar-refractivity contribution >= 4 is 15.9 Å². The number of carbonyl (C=O) groups is 1. The average Bonchev–Trinajstić information content (AvgIpc) is 3.31. The van der Waals surface area contributed by atoms with Gasteiger partial charge in [-0.2, -0.15) is 17.5 Å². The van der Waals surface area contributed by atoms with E-state index in [1.54, 1.807) is 0 Å². The summed E-state index contributed by atoms with van der Waals surface area (Å²) in [5.74, 6) is 1.92. The summed E-state index contributed by atoms with van der Waals surface area (Å²) in [6.07, 6.45) is 2.05. The van der Waals surface area contributed by atoms with Crippen molar-refractivity contribution in [2.24, 2.45) is 23.7 Å². The summed E-state index contributed by atoms with van der Waals surface area (Å²) in [6.45, 7) is 0.377. The molecule has 5 fully saturated rings. The minimum Gasteiger partial charge on any atom is -0.350 e. The van der Waals surface area contributed by atoms with E-state index < -0.39 is 21.8 Å². The third kappa shape index (κ3) is 3.77. The van der Waals surface area contributed by atoms with Gasteiger partial charge in [-0.3, -0.25) is 4.79 Å². The Morgan fingerprint density at radius 2 is 1.87 bits per heavy atom. The number of nitrogens with one attached hydrogen (secondary N) is 1. The molecule has 170 valence electrons. The van der Waals surface area contributed by atoms with E-state index in [0.29, 0.717) is 18.4 Å². The van der Waals surface area contributed by atoms with Crippen molar-refractivity contribution in [2.75, 3.05) is 13.1 Å². The van der Waals surface area contributed by atoms with Crippen LogP contribution in [0.4, 0.5) is 13.2 Å². The first-order valence-electron chi connectivity index (χ1n) is 11.0. The van der Waals surface area contributed by atoms with Gasteiger partial charge in [-0.25, -0.2) is 8.42 Å². The zero-order valence-electron chi connectivity index (χ0n) is 17.2. The molecular weight excluding hydrogens is 429 g/mol. The quantitative estimate of drug-likeness (QED) is 0.733. The zero-order valence-corrected chi connectivity index (χ0v) is 18.0. The number of benzene rings is 1. The fourth-order valence-electron chi connectivity index (χ4n) is 6.76. The SMILES string of the molecule is O=C(CC1CCN(S(=O)(=O)c2cccc(C(F)(F)F)c2)C1)NC12CC3CC1C[C@H](C3)C2. The number of hydrogen-bond acceptors (Lipinski definition) is 3. The molecule has 0 spiro atoms. The van der Waals surface area contributed by atoms with Gasteiger partial charge in [0, 0.05) is 25.0 Å². The number of hydrogen-bond donors (Lipinski definition) is 1. The Labute approximate surface area is 180 Å². The molecule has 1 amide bonds. The molecule has 1 N–H and O–H groups in total. The fourth-order valence-corrected chi connectivity index (χ4v) is 8.33. The van der Waals surface area contributed by atoms with Gasteiger partial charge in [0.2, 0.25) is 15.9 Å². The van der Waals surface area contributed by atoms with Gasteiger partial charge in [0.05, 0.1) is 10.5 Å². The van der Waals surface area contributed by atoms with Gasteiger partial charge < -0.3 is 5.32 Å². The van der Waals surface area contributed by atoms with Crippen molar-refractivity contribution in [2.45, 2.75) is 61.6 Å². The van der Waals surface area contributed by atoms with E-state index in [0.717, 1.165) is 36.8 Å². The summed E-state index contributed by atoms with van der Waals surface area (Å²) < 4.78 is 65.9.